The molecule has 2 unspecified atom stereocenters. The van der Waals surface area contributed by atoms with Gasteiger partial charge in [-0.1, -0.05) is 72.8 Å². The van der Waals surface area contributed by atoms with E-state index in [0.717, 1.165) is 35.8 Å². The van der Waals surface area contributed by atoms with Crippen LogP contribution in [0.25, 0.3) is 27.7 Å². The zero-order chi connectivity index (χ0) is 22.6. The van der Waals surface area contributed by atoms with Gasteiger partial charge in [-0.25, -0.2) is 4.79 Å². The van der Waals surface area contributed by atoms with E-state index in [-0.39, 0.29) is 24.1 Å². The topological polar surface area (TPSA) is 42.7 Å². The number of fused-ring (bicyclic) bond motifs is 6. The highest BCUT2D eigenvalue weighted by molar-refractivity contribution is 5.92. The van der Waals surface area contributed by atoms with Crippen LogP contribution >= 0.6 is 0 Å². The van der Waals surface area contributed by atoms with Crippen molar-refractivity contribution in [3.05, 3.63) is 102 Å². The van der Waals surface area contributed by atoms with Crippen molar-refractivity contribution in [2.75, 3.05) is 6.61 Å². The summed E-state index contributed by atoms with van der Waals surface area (Å²) in [5.74, 6) is 0.0854. The first-order chi connectivity index (χ1) is 16.8. The van der Waals surface area contributed by atoms with Crippen molar-refractivity contribution >= 4 is 22.6 Å². The van der Waals surface area contributed by atoms with Crippen molar-refractivity contribution in [2.45, 2.75) is 37.3 Å². The summed E-state index contributed by atoms with van der Waals surface area (Å²) in [5.41, 5.74) is 8.32. The number of hydrogen-bond acceptors (Lipinski definition) is 3. The van der Waals surface area contributed by atoms with Gasteiger partial charge in [-0.15, -0.1) is 0 Å². The Hall–Kier alpha value is -3.79. The van der Waals surface area contributed by atoms with Crippen molar-refractivity contribution < 1.29 is 13.9 Å². The molecule has 1 aliphatic carbocycles. The average molecular weight is 448 g/mol. The van der Waals surface area contributed by atoms with Crippen LogP contribution in [0.15, 0.2) is 89.6 Å². The Morgan fingerprint density at radius 3 is 2.35 bits per heavy atom. The summed E-state index contributed by atoms with van der Waals surface area (Å²) in [4.78, 5) is 15.3. The van der Waals surface area contributed by atoms with E-state index in [4.69, 9.17) is 9.15 Å². The Morgan fingerprint density at radius 1 is 0.882 bits per heavy atom. The molecular weight excluding hydrogens is 422 g/mol. The lowest BCUT2D eigenvalue weighted by molar-refractivity contribution is 0.0867. The van der Waals surface area contributed by atoms with Crippen molar-refractivity contribution in [2.24, 2.45) is 0 Å². The Bertz CT molecular complexity index is 1400. The van der Waals surface area contributed by atoms with Crippen LogP contribution < -0.4 is 0 Å². The number of nitrogens with zero attached hydrogens (tertiary/aromatic N) is 1. The molecule has 3 aliphatic rings. The van der Waals surface area contributed by atoms with Gasteiger partial charge in [0, 0.05) is 22.9 Å². The predicted molar refractivity (Wildman–Crippen MR) is 133 cm³/mol. The lowest BCUT2D eigenvalue weighted by atomic mass is 9.94. The van der Waals surface area contributed by atoms with E-state index in [2.05, 4.69) is 60.7 Å². The third-order valence-electron chi connectivity index (χ3n) is 7.77. The van der Waals surface area contributed by atoms with E-state index in [9.17, 15) is 4.79 Å². The van der Waals surface area contributed by atoms with Crippen LogP contribution in [0.3, 0.4) is 0 Å². The molecule has 34 heavy (non-hydrogen) atoms. The average Bonchev–Trinajstić information content (AvgIpc) is 3.53. The van der Waals surface area contributed by atoms with Gasteiger partial charge in [0.05, 0.1) is 12.3 Å². The summed E-state index contributed by atoms with van der Waals surface area (Å²) < 4.78 is 11.8. The number of hydrogen-bond donors (Lipinski definition) is 0. The molecule has 1 fully saturated rings. The maximum absolute atomic E-state index is 13.3. The van der Waals surface area contributed by atoms with Gasteiger partial charge in [-0.3, -0.25) is 4.90 Å². The number of furan rings is 1. The second kappa shape index (κ2) is 7.63. The molecule has 168 valence electrons. The predicted octanol–water partition coefficient (Wildman–Crippen LogP) is 7.00. The van der Waals surface area contributed by atoms with E-state index in [1.165, 1.54) is 27.8 Å². The summed E-state index contributed by atoms with van der Waals surface area (Å²) in [7, 11) is 0. The quantitative estimate of drug-likeness (QED) is 0.339. The summed E-state index contributed by atoms with van der Waals surface area (Å²) in [6.45, 7) is 0.367. The molecule has 1 amide bonds. The smallest absolute Gasteiger partial charge is 0.410 e. The van der Waals surface area contributed by atoms with Gasteiger partial charge < -0.3 is 9.15 Å². The van der Waals surface area contributed by atoms with Crippen LogP contribution in [-0.4, -0.2) is 29.7 Å². The minimum absolute atomic E-state index is 0.0815. The highest BCUT2D eigenvalue weighted by Crippen LogP contribution is 2.45. The fourth-order valence-corrected chi connectivity index (χ4v) is 6.21. The highest BCUT2D eigenvalue weighted by atomic mass is 16.6. The number of carbonyl (C=O) groups excluding carboxylic acids is 1. The molecule has 1 saturated heterocycles. The highest BCUT2D eigenvalue weighted by Gasteiger charge is 2.41. The fourth-order valence-electron chi connectivity index (χ4n) is 6.21. The second-order valence-electron chi connectivity index (χ2n) is 9.55. The van der Waals surface area contributed by atoms with Crippen molar-refractivity contribution in [3.8, 4) is 11.1 Å². The molecule has 0 N–H and O–H groups in total. The van der Waals surface area contributed by atoms with Gasteiger partial charge in [0.25, 0.3) is 0 Å². The first-order valence-electron chi connectivity index (χ1n) is 12.1. The van der Waals surface area contributed by atoms with Gasteiger partial charge in [0.2, 0.25) is 0 Å². The van der Waals surface area contributed by atoms with Gasteiger partial charge in [-0.05, 0) is 53.2 Å². The third kappa shape index (κ3) is 2.95. The normalized spacial score (nSPS) is 20.8. The Kier molecular flexibility index (Phi) is 4.41. The van der Waals surface area contributed by atoms with E-state index in [1.54, 1.807) is 0 Å². The molecule has 4 heteroatoms. The monoisotopic (exact) mass is 447 g/mol. The summed E-state index contributed by atoms with van der Waals surface area (Å²) in [5, 5.41) is 1.14. The van der Waals surface area contributed by atoms with Crippen molar-refractivity contribution in [1.82, 2.24) is 4.90 Å². The Morgan fingerprint density at radius 2 is 1.59 bits per heavy atom. The molecule has 7 rings (SSSR count). The number of benzene rings is 3. The molecule has 2 aliphatic heterocycles. The molecule has 3 aromatic carbocycles. The SMILES string of the molecule is O=C(OCC1c2ccccc2-c2ccccc21)N1C2C=C(c3coc4ccccc34)CC1CC2. The van der Waals surface area contributed by atoms with Crippen molar-refractivity contribution in [1.29, 1.82) is 0 Å². The molecule has 0 saturated carbocycles. The van der Waals surface area contributed by atoms with Crippen molar-refractivity contribution in [3.63, 3.8) is 0 Å². The fraction of sp³-hybridized carbons (Fsp3) is 0.233. The maximum Gasteiger partial charge on any atom is 0.410 e. The van der Waals surface area contributed by atoms with E-state index >= 15 is 0 Å². The lowest BCUT2D eigenvalue weighted by Crippen LogP contribution is -2.43. The molecule has 2 atom stereocenters. The van der Waals surface area contributed by atoms with Crippen LogP contribution in [0, 0.1) is 0 Å². The number of para-hydroxylation sites is 1. The maximum atomic E-state index is 13.3. The second-order valence-corrected chi connectivity index (χ2v) is 9.55. The number of rotatable bonds is 3. The molecule has 0 spiro atoms. The molecule has 2 bridgehead atoms. The standard InChI is InChI=1S/C30H25NO3/c32-30(34-18-28-24-9-3-1-7-22(24)23-8-2-4-10-25(23)28)31-20-13-14-21(31)16-19(15-20)27-17-33-29-12-6-5-11-26(27)29/h1-12,15,17,20-21,28H,13-14,16,18H2. The van der Waals surface area contributed by atoms with Crippen LogP contribution in [0.5, 0.6) is 0 Å². The van der Waals surface area contributed by atoms with Crippen LogP contribution in [0.2, 0.25) is 0 Å². The summed E-state index contributed by atoms with van der Waals surface area (Å²) >= 11 is 0. The molecular formula is C30H25NO3. The number of amides is 1. The van der Waals surface area contributed by atoms with Gasteiger partial charge in [0.1, 0.15) is 12.2 Å². The van der Waals surface area contributed by atoms with E-state index in [1.807, 2.05) is 29.4 Å². The molecule has 4 nitrogen and oxygen atoms in total. The summed E-state index contributed by atoms with van der Waals surface area (Å²) in [6.07, 6.45) is 6.74. The van der Waals surface area contributed by atoms with E-state index in [0.29, 0.717) is 6.61 Å². The molecule has 3 heterocycles. The van der Waals surface area contributed by atoms with Gasteiger partial charge >= 0.3 is 6.09 Å². The molecule has 4 aromatic rings. The molecule has 0 radical (unpaired) electrons. The first-order valence-corrected chi connectivity index (χ1v) is 12.1. The zero-order valence-corrected chi connectivity index (χ0v) is 18.8. The Balaban J connectivity index is 1.12. The van der Waals surface area contributed by atoms with Crippen LogP contribution in [0.4, 0.5) is 4.79 Å². The van der Waals surface area contributed by atoms with Gasteiger partial charge in [-0.2, -0.15) is 0 Å². The minimum atomic E-state index is -0.193. The lowest BCUT2D eigenvalue weighted by Gasteiger charge is -2.33. The van der Waals surface area contributed by atoms with E-state index < -0.39 is 0 Å². The molecule has 1 aromatic heterocycles. The number of ether oxygens (including phenoxy) is 1. The Labute approximate surface area is 198 Å². The largest absolute Gasteiger partial charge is 0.464 e. The number of carbonyl (C=O) groups is 1. The van der Waals surface area contributed by atoms with Gasteiger partial charge in [0.15, 0.2) is 0 Å². The minimum Gasteiger partial charge on any atom is -0.464 e. The van der Waals surface area contributed by atoms with Crippen LogP contribution in [-0.2, 0) is 4.74 Å². The summed E-state index contributed by atoms with van der Waals surface area (Å²) in [6, 6.07) is 25.3. The van der Waals surface area contributed by atoms with Crippen LogP contribution in [0.1, 0.15) is 41.9 Å². The third-order valence-corrected chi connectivity index (χ3v) is 7.77. The first kappa shape index (κ1) is 19.7. The zero-order valence-electron chi connectivity index (χ0n) is 18.8.